The van der Waals surface area contributed by atoms with Crippen LogP contribution in [0.4, 0.5) is 0 Å². The van der Waals surface area contributed by atoms with Gasteiger partial charge in [-0.25, -0.2) is 0 Å². The lowest BCUT2D eigenvalue weighted by Gasteiger charge is -2.09. The van der Waals surface area contributed by atoms with Gasteiger partial charge >= 0.3 is 5.97 Å². The minimum atomic E-state index is -0.755. The summed E-state index contributed by atoms with van der Waals surface area (Å²) in [6, 6.07) is 5.40. The Hall–Kier alpha value is -0.0600. The van der Waals surface area contributed by atoms with E-state index in [1.165, 1.54) is 0 Å². The molecular weight excluding hydrogens is 347 g/mol. The van der Waals surface area contributed by atoms with Gasteiger partial charge in [-0.3, -0.25) is 4.79 Å². The third-order valence-corrected chi connectivity index (χ3v) is 4.04. The van der Waals surface area contributed by atoms with Crippen LogP contribution in [0.1, 0.15) is 17.9 Å². The SMILES string of the molecule is CCOC(=O)C(Cl)c1ccc(Br)c(Br)c1. The molecule has 0 aliphatic carbocycles. The van der Waals surface area contributed by atoms with Crippen LogP contribution in [0.25, 0.3) is 0 Å². The standard InChI is InChI=1S/C10H9Br2ClO2/c1-2-15-10(14)9(13)6-3-4-7(11)8(12)5-6/h3-5,9H,2H2,1H3. The maximum Gasteiger partial charge on any atom is 0.328 e. The molecule has 82 valence electrons. The van der Waals surface area contributed by atoms with E-state index < -0.39 is 11.3 Å². The van der Waals surface area contributed by atoms with Crippen molar-refractivity contribution < 1.29 is 9.53 Å². The molecule has 0 saturated carbocycles. The molecule has 0 radical (unpaired) electrons. The highest BCUT2D eigenvalue weighted by Crippen LogP contribution is 2.29. The summed E-state index contributed by atoms with van der Waals surface area (Å²) >= 11 is 12.6. The van der Waals surface area contributed by atoms with Crippen molar-refractivity contribution in [3.8, 4) is 0 Å². The second kappa shape index (κ2) is 5.87. The molecule has 0 aliphatic heterocycles. The van der Waals surface area contributed by atoms with E-state index in [0.717, 1.165) is 8.95 Å². The predicted octanol–water partition coefficient (Wildman–Crippen LogP) is 4.05. The van der Waals surface area contributed by atoms with E-state index in [2.05, 4.69) is 31.9 Å². The predicted molar refractivity (Wildman–Crippen MR) is 67.1 cm³/mol. The van der Waals surface area contributed by atoms with Gasteiger partial charge in [0, 0.05) is 8.95 Å². The number of esters is 1. The molecule has 0 aliphatic rings. The van der Waals surface area contributed by atoms with Gasteiger partial charge in [0.05, 0.1) is 6.61 Å². The van der Waals surface area contributed by atoms with Crippen molar-refractivity contribution in [2.45, 2.75) is 12.3 Å². The lowest BCUT2D eigenvalue weighted by molar-refractivity contribution is -0.142. The topological polar surface area (TPSA) is 26.3 Å². The van der Waals surface area contributed by atoms with E-state index in [1.54, 1.807) is 19.1 Å². The van der Waals surface area contributed by atoms with Crippen molar-refractivity contribution >= 4 is 49.4 Å². The minimum absolute atomic E-state index is 0.333. The number of hydrogen-bond acceptors (Lipinski definition) is 2. The van der Waals surface area contributed by atoms with Gasteiger partial charge in [0.15, 0.2) is 5.38 Å². The van der Waals surface area contributed by atoms with Gasteiger partial charge in [0.25, 0.3) is 0 Å². The Balaban J connectivity index is 2.86. The maximum absolute atomic E-state index is 11.4. The molecule has 1 aromatic rings. The van der Waals surface area contributed by atoms with Crippen molar-refractivity contribution in [1.82, 2.24) is 0 Å². The van der Waals surface area contributed by atoms with E-state index >= 15 is 0 Å². The van der Waals surface area contributed by atoms with Gasteiger partial charge in [-0.1, -0.05) is 6.07 Å². The van der Waals surface area contributed by atoms with Crippen molar-refractivity contribution in [2.75, 3.05) is 6.61 Å². The van der Waals surface area contributed by atoms with Crippen molar-refractivity contribution in [3.05, 3.63) is 32.7 Å². The van der Waals surface area contributed by atoms with Gasteiger partial charge in [-0.2, -0.15) is 0 Å². The first-order valence-corrected chi connectivity index (χ1v) is 6.34. The molecule has 0 spiro atoms. The summed E-state index contributed by atoms with van der Waals surface area (Å²) in [4.78, 5) is 11.4. The summed E-state index contributed by atoms with van der Waals surface area (Å²) in [5.41, 5.74) is 0.713. The van der Waals surface area contributed by atoms with Crippen LogP contribution >= 0.6 is 43.5 Å². The monoisotopic (exact) mass is 354 g/mol. The summed E-state index contributed by atoms with van der Waals surface area (Å²) in [6.45, 7) is 2.08. The van der Waals surface area contributed by atoms with Crippen LogP contribution in [0.5, 0.6) is 0 Å². The van der Waals surface area contributed by atoms with Gasteiger partial charge in [-0.15, -0.1) is 11.6 Å². The van der Waals surface area contributed by atoms with Crippen molar-refractivity contribution in [2.24, 2.45) is 0 Å². The van der Waals surface area contributed by atoms with E-state index in [9.17, 15) is 4.79 Å². The van der Waals surface area contributed by atoms with Gasteiger partial charge in [0.1, 0.15) is 0 Å². The first-order valence-electron chi connectivity index (χ1n) is 4.32. The van der Waals surface area contributed by atoms with Crippen LogP contribution in [0.2, 0.25) is 0 Å². The molecule has 0 bridgehead atoms. The van der Waals surface area contributed by atoms with E-state index in [0.29, 0.717) is 12.2 Å². The average Bonchev–Trinajstić information content (AvgIpc) is 2.21. The van der Waals surface area contributed by atoms with Gasteiger partial charge in [0.2, 0.25) is 0 Å². The molecule has 0 heterocycles. The molecule has 2 nitrogen and oxygen atoms in total. The van der Waals surface area contributed by atoms with Crippen LogP contribution in [0.15, 0.2) is 27.1 Å². The highest BCUT2D eigenvalue weighted by Gasteiger charge is 2.19. The van der Waals surface area contributed by atoms with E-state index in [-0.39, 0.29) is 0 Å². The van der Waals surface area contributed by atoms with Crippen LogP contribution in [-0.2, 0) is 9.53 Å². The fourth-order valence-electron chi connectivity index (χ4n) is 1.02. The summed E-state index contributed by atoms with van der Waals surface area (Å²) in [5.74, 6) is -0.423. The molecule has 5 heteroatoms. The van der Waals surface area contributed by atoms with Crippen molar-refractivity contribution in [3.63, 3.8) is 0 Å². The molecule has 1 unspecified atom stereocenters. The third kappa shape index (κ3) is 3.47. The number of rotatable bonds is 3. The number of halogens is 3. The molecule has 1 atom stereocenters. The first kappa shape index (κ1) is 13.0. The molecule has 0 aromatic heterocycles. The summed E-state index contributed by atoms with van der Waals surface area (Å²) in [5, 5.41) is -0.755. The third-order valence-electron chi connectivity index (χ3n) is 1.73. The zero-order valence-electron chi connectivity index (χ0n) is 7.97. The summed E-state index contributed by atoms with van der Waals surface area (Å²) < 4.78 is 6.60. The molecule has 0 saturated heterocycles. The molecule has 1 aromatic carbocycles. The lowest BCUT2D eigenvalue weighted by atomic mass is 10.1. The molecule has 0 fully saturated rings. The van der Waals surface area contributed by atoms with Crippen LogP contribution in [0.3, 0.4) is 0 Å². The summed E-state index contributed by atoms with van der Waals surface area (Å²) in [6.07, 6.45) is 0. The Morgan fingerprint density at radius 1 is 1.47 bits per heavy atom. The molecule has 0 N–H and O–H groups in total. The van der Waals surface area contributed by atoms with Crippen LogP contribution in [-0.4, -0.2) is 12.6 Å². The van der Waals surface area contributed by atoms with Crippen molar-refractivity contribution in [1.29, 1.82) is 0 Å². The zero-order valence-corrected chi connectivity index (χ0v) is 11.9. The Morgan fingerprint density at radius 2 is 2.13 bits per heavy atom. The first-order chi connectivity index (χ1) is 7.06. The largest absolute Gasteiger partial charge is 0.465 e. The highest BCUT2D eigenvalue weighted by molar-refractivity contribution is 9.13. The Bertz CT molecular complexity index is 368. The molecular formula is C10H9Br2ClO2. The number of benzene rings is 1. The smallest absolute Gasteiger partial charge is 0.328 e. The van der Waals surface area contributed by atoms with Crippen LogP contribution < -0.4 is 0 Å². The number of hydrogen-bond donors (Lipinski definition) is 0. The maximum atomic E-state index is 11.4. The molecule has 1 rings (SSSR count). The summed E-state index contributed by atoms with van der Waals surface area (Å²) in [7, 11) is 0. The second-order valence-electron chi connectivity index (χ2n) is 2.79. The fraction of sp³-hybridized carbons (Fsp3) is 0.300. The number of alkyl halides is 1. The number of carbonyl (C=O) groups excluding carboxylic acids is 1. The lowest BCUT2D eigenvalue weighted by Crippen LogP contribution is -2.11. The fourth-order valence-corrected chi connectivity index (χ4v) is 1.86. The quantitative estimate of drug-likeness (QED) is 0.603. The van der Waals surface area contributed by atoms with Gasteiger partial charge < -0.3 is 4.74 Å². The van der Waals surface area contributed by atoms with Crippen LogP contribution in [0, 0.1) is 0 Å². The van der Waals surface area contributed by atoms with E-state index in [1.807, 2.05) is 6.07 Å². The Kier molecular flexibility index (Phi) is 5.09. The van der Waals surface area contributed by atoms with E-state index in [4.69, 9.17) is 16.3 Å². The zero-order chi connectivity index (χ0) is 11.4. The normalized spacial score (nSPS) is 12.3. The second-order valence-corrected chi connectivity index (χ2v) is 4.93. The van der Waals surface area contributed by atoms with Gasteiger partial charge in [-0.05, 0) is 56.5 Å². The number of ether oxygens (including phenoxy) is 1. The Morgan fingerprint density at radius 3 is 2.67 bits per heavy atom. The highest BCUT2D eigenvalue weighted by atomic mass is 79.9. The molecule has 0 amide bonds. The number of carbonyl (C=O) groups is 1. The average molecular weight is 356 g/mol. The minimum Gasteiger partial charge on any atom is -0.465 e. The molecule has 15 heavy (non-hydrogen) atoms. The Labute approximate surface area is 110 Å².